The van der Waals surface area contributed by atoms with Crippen LogP contribution in [0.4, 0.5) is 29.3 Å². The van der Waals surface area contributed by atoms with Crippen LogP contribution in [-0.4, -0.2) is 49.6 Å². The van der Waals surface area contributed by atoms with Gasteiger partial charge in [0.15, 0.2) is 0 Å². The van der Waals surface area contributed by atoms with E-state index in [1.807, 2.05) is 74.2 Å². The van der Waals surface area contributed by atoms with Gasteiger partial charge < -0.3 is 28.7 Å². The Labute approximate surface area is 318 Å². The Hall–Kier alpha value is -4.86. The molecule has 0 fully saturated rings. The van der Waals surface area contributed by atoms with E-state index < -0.39 is 23.6 Å². The molecule has 5 rings (SSSR count). The molecule has 1 aliphatic rings. The zero-order valence-corrected chi connectivity index (χ0v) is 31.7. The average Bonchev–Trinajstić information content (AvgIpc) is 3.15. The third-order valence-electron chi connectivity index (χ3n) is 9.13. The van der Waals surface area contributed by atoms with Crippen LogP contribution >= 0.6 is 0 Å². The van der Waals surface area contributed by atoms with Gasteiger partial charge in [-0.2, -0.15) is 0 Å². The largest absolute Gasteiger partial charge is 0.492 e. The smallest absolute Gasteiger partial charge is 0.410 e. The highest BCUT2D eigenvalue weighted by atomic mass is 19.1. The maximum atomic E-state index is 15.4. The highest BCUT2D eigenvalue weighted by Crippen LogP contribution is 2.46. The van der Waals surface area contributed by atoms with Crippen LogP contribution < -0.4 is 19.1 Å². The molecule has 0 N–H and O–H groups in total. The summed E-state index contributed by atoms with van der Waals surface area (Å²) >= 11 is 0. The molecule has 1 aliphatic heterocycles. The van der Waals surface area contributed by atoms with Crippen molar-refractivity contribution in [2.24, 2.45) is 0 Å². The summed E-state index contributed by atoms with van der Waals surface area (Å²) in [4.78, 5) is 16.8. The second-order valence-corrected chi connectivity index (χ2v) is 14.6. The number of benzene rings is 4. The lowest BCUT2D eigenvalue weighted by molar-refractivity contribution is 0.0223. The Balaban J connectivity index is 1.29. The van der Waals surface area contributed by atoms with Gasteiger partial charge in [0, 0.05) is 30.4 Å². The fraction of sp³-hybridized carbons (Fsp3) is 0.432. The molecule has 0 aliphatic carbocycles. The zero-order valence-electron chi connectivity index (χ0n) is 31.7. The third-order valence-corrected chi connectivity index (χ3v) is 9.13. The molecular formula is C44H53F3N2O5. The van der Waals surface area contributed by atoms with E-state index in [1.165, 1.54) is 24.3 Å². The summed E-state index contributed by atoms with van der Waals surface area (Å²) in [6.45, 7) is 6.75. The Morgan fingerprint density at radius 1 is 0.778 bits per heavy atom. The fourth-order valence-corrected chi connectivity index (χ4v) is 6.42. The molecule has 1 amide bonds. The number of carbonyl (C=O) groups is 1. The first-order valence-corrected chi connectivity index (χ1v) is 19.1. The van der Waals surface area contributed by atoms with Gasteiger partial charge >= 0.3 is 6.09 Å². The monoisotopic (exact) mass is 746 g/mol. The van der Waals surface area contributed by atoms with Crippen LogP contribution in [-0.2, 0) is 11.3 Å². The third kappa shape index (κ3) is 12.4. The number of anilines is 2. The number of hydrogen-bond donors (Lipinski definition) is 0. The first-order chi connectivity index (χ1) is 26.1. The van der Waals surface area contributed by atoms with E-state index in [0.717, 1.165) is 56.1 Å². The fourth-order valence-electron chi connectivity index (χ4n) is 6.42. The van der Waals surface area contributed by atoms with Gasteiger partial charge in [-0.25, -0.2) is 13.6 Å². The lowest BCUT2D eigenvalue weighted by Gasteiger charge is -2.39. The van der Waals surface area contributed by atoms with Crippen molar-refractivity contribution in [3.05, 3.63) is 114 Å². The Morgan fingerprint density at radius 2 is 1.48 bits per heavy atom. The molecule has 4 aromatic rings. The highest BCUT2D eigenvalue weighted by molar-refractivity contribution is 5.74. The van der Waals surface area contributed by atoms with Crippen molar-refractivity contribution in [1.29, 1.82) is 0 Å². The molecule has 0 bridgehead atoms. The lowest BCUT2D eigenvalue weighted by Crippen LogP contribution is -2.39. The molecule has 0 saturated carbocycles. The normalized spacial score (nSPS) is 13.9. The van der Waals surface area contributed by atoms with Crippen molar-refractivity contribution in [3.8, 4) is 17.2 Å². The lowest BCUT2D eigenvalue weighted by atomic mass is 10.0. The minimum Gasteiger partial charge on any atom is -0.492 e. The average molecular weight is 747 g/mol. The van der Waals surface area contributed by atoms with Gasteiger partial charge in [-0.3, -0.25) is 4.39 Å². The number of fused-ring (bicyclic) bond motifs is 1. The first-order valence-electron chi connectivity index (χ1n) is 19.1. The molecule has 290 valence electrons. The molecule has 54 heavy (non-hydrogen) atoms. The van der Waals surface area contributed by atoms with E-state index >= 15 is 4.39 Å². The van der Waals surface area contributed by atoms with E-state index in [9.17, 15) is 13.6 Å². The van der Waals surface area contributed by atoms with E-state index in [-0.39, 0.29) is 32.3 Å². The van der Waals surface area contributed by atoms with E-state index in [4.69, 9.17) is 18.9 Å². The molecule has 1 atom stereocenters. The molecule has 0 radical (unpaired) electrons. The molecule has 1 heterocycles. The number of carbonyl (C=O) groups excluding carboxylic acids is 1. The molecule has 0 aromatic heterocycles. The van der Waals surface area contributed by atoms with Crippen molar-refractivity contribution in [2.75, 3.05) is 37.9 Å². The van der Waals surface area contributed by atoms with Crippen LogP contribution in [0.1, 0.15) is 89.3 Å². The summed E-state index contributed by atoms with van der Waals surface area (Å²) < 4.78 is 65.8. The number of unbranched alkanes of at least 4 members (excludes halogenated alkanes) is 7. The van der Waals surface area contributed by atoms with Crippen LogP contribution in [0.25, 0.3) is 0 Å². The summed E-state index contributed by atoms with van der Waals surface area (Å²) in [5.74, 6) is 0.641. The van der Waals surface area contributed by atoms with Crippen LogP contribution in [0.5, 0.6) is 17.2 Å². The first kappa shape index (κ1) is 40.3. The standard InChI is InChI=1S/C44H53F3N2O5/c1-44(2,3)54-43(50)48(24-14-9-7-5-4-6-8-13-23-45)25-26-51-39-28-36(47)27-37(29-39)49-40-22-21-38(52-31-33-15-11-10-12-16-33)30-42(40)53-32-41(49)34-17-19-35(46)20-18-34/h10-12,15-22,27-30,41H,4-9,13-14,23-26,31-32H2,1-3H3. The predicted octanol–water partition coefficient (Wildman–Crippen LogP) is 11.5. The Morgan fingerprint density at radius 3 is 2.19 bits per heavy atom. The summed E-state index contributed by atoms with van der Waals surface area (Å²) in [5, 5.41) is 0. The molecule has 4 aromatic carbocycles. The predicted molar refractivity (Wildman–Crippen MR) is 207 cm³/mol. The maximum Gasteiger partial charge on any atom is 0.410 e. The van der Waals surface area contributed by atoms with Crippen molar-refractivity contribution >= 4 is 17.5 Å². The number of hydrogen-bond acceptors (Lipinski definition) is 6. The van der Waals surface area contributed by atoms with Gasteiger partial charge in [0.25, 0.3) is 0 Å². The van der Waals surface area contributed by atoms with Gasteiger partial charge in [-0.15, -0.1) is 0 Å². The molecule has 10 heteroatoms. The SMILES string of the molecule is CC(C)(C)OC(=O)N(CCCCCCCCCCF)CCOc1cc(F)cc(N2c3ccc(OCc4ccccc4)cc3OCC2c2ccc(F)cc2)c1. The van der Waals surface area contributed by atoms with E-state index in [2.05, 4.69) is 0 Å². The summed E-state index contributed by atoms with van der Waals surface area (Å²) in [6, 6.07) is 25.7. The number of ether oxygens (including phenoxy) is 4. The summed E-state index contributed by atoms with van der Waals surface area (Å²) in [5.41, 5.74) is 2.38. The number of alkyl halides is 1. The summed E-state index contributed by atoms with van der Waals surface area (Å²) in [7, 11) is 0. The van der Waals surface area contributed by atoms with Gasteiger partial charge in [0.1, 0.15) is 54.3 Å². The minimum absolute atomic E-state index is 0.125. The minimum atomic E-state index is -0.655. The van der Waals surface area contributed by atoms with Gasteiger partial charge in [0.05, 0.1) is 24.9 Å². The second-order valence-electron chi connectivity index (χ2n) is 14.6. The van der Waals surface area contributed by atoms with Gasteiger partial charge in [-0.1, -0.05) is 81.0 Å². The Kier molecular flexibility index (Phi) is 14.9. The van der Waals surface area contributed by atoms with Crippen molar-refractivity contribution in [3.63, 3.8) is 0 Å². The number of rotatable bonds is 19. The quantitative estimate of drug-likeness (QED) is 0.0891. The number of halogens is 3. The number of nitrogens with zero attached hydrogens (tertiary/aromatic N) is 2. The van der Waals surface area contributed by atoms with Crippen molar-refractivity contribution in [2.45, 2.75) is 90.4 Å². The molecule has 0 spiro atoms. The topological polar surface area (TPSA) is 60.5 Å². The van der Waals surface area contributed by atoms with Crippen molar-refractivity contribution in [1.82, 2.24) is 4.90 Å². The number of amides is 1. The molecule has 1 unspecified atom stereocenters. The van der Waals surface area contributed by atoms with Crippen molar-refractivity contribution < 1.29 is 36.9 Å². The van der Waals surface area contributed by atoms with Crippen LogP contribution in [0, 0.1) is 11.6 Å². The molecular weight excluding hydrogens is 693 g/mol. The van der Waals surface area contributed by atoms with E-state index in [0.29, 0.717) is 48.2 Å². The van der Waals surface area contributed by atoms with Gasteiger partial charge in [0.2, 0.25) is 0 Å². The Bertz CT molecular complexity index is 1750. The van der Waals surface area contributed by atoms with Gasteiger partial charge in [-0.05, 0) is 75.1 Å². The summed E-state index contributed by atoms with van der Waals surface area (Å²) in [6.07, 6.45) is 7.18. The van der Waals surface area contributed by atoms with Crippen LogP contribution in [0.15, 0.2) is 91.0 Å². The van der Waals surface area contributed by atoms with Crippen LogP contribution in [0.2, 0.25) is 0 Å². The second kappa shape index (κ2) is 20.0. The van der Waals surface area contributed by atoms with Crippen LogP contribution in [0.3, 0.4) is 0 Å². The molecule has 7 nitrogen and oxygen atoms in total. The van der Waals surface area contributed by atoms with E-state index in [1.54, 1.807) is 23.1 Å². The zero-order chi connectivity index (χ0) is 38.3. The highest BCUT2D eigenvalue weighted by Gasteiger charge is 2.31. The maximum absolute atomic E-state index is 15.4. The molecule has 0 saturated heterocycles.